The van der Waals surface area contributed by atoms with Crippen LogP contribution < -0.4 is 15.5 Å². The van der Waals surface area contributed by atoms with Crippen molar-refractivity contribution in [3.63, 3.8) is 0 Å². The van der Waals surface area contributed by atoms with Gasteiger partial charge in [0.2, 0.25) is 5.95 Å². The predicted molar refractivity (Wildman–Crippen MR) is 155 cm³/mol. The van der Waals surface area contributed by atoms with Crippen molar-refractivity contribution >= 4 is 34.2 Å². The molecule has 2 aliphatic rings. The molecule has 1 saturated carbocycles. The topological polar surface area (TPSA) is 87.2 Å². The van der Waals surface area contributed by atoms with E-state index in [-0.39, 0.29) is 11.6 Å². The number of carbonyl (C=O) groups excluding carboxylic acids is 2. The van der Waals surface area contributed by atoms with E-state index in [9.17, 15) is 9.59 Å². The van der Waals surface area contributed by atoms with E-state index < -0.39 is 0 Å². The number of nitrogens with one attached hydrogen (secondary N) is 2. The number of rotatable bonds is 7. The van der Waals surface area contributed by atoms with Crippen LogP contribution in [-0.2, 0) is 6.54 Å². The molecule has 39 heavy (non-hydrogen) atoms. The fourth-order valence-corrected chi connectivity index (χ4v) is 5.84. The zero-order valence-corrected chi connectivity index (χ0v) is 22.4. The number of hydrogen-bond donors (Lipinski definition) is 2. The molecule has 7 heteroatoms. The Labute approximate surface area is 228 Å². The van der Waals surface area contributed by atoms with Crippen LogP contribution in [0.15, 0.2) is 66.7 Å². The Balaban J connectivity index is 1.03. The molecule has 198 valence electrons. The van der Waals surface area contributed by atoms with Gasteiger partial charge in [-0.25, -0.2) is 4.98 Å². The molecule has 1 aromatic heterocycles. The van der Waals surface area contributed by atoms with Crippen molar-refractivity contribution < 1.29 is 9.59 Å². The predicted octanol–water partition coefficient (Wildman–Crippen LogP) is 5.23. The second kappa shape index (κ2) is 10.6. The number of para-hydroxylation sites is 1. The Kier molecular flexibility index (Phi) is 6.83. The lowest BCUT2D eigenvalue weighted by molar-refractivity contribution is 0.0979. The molecule has 6 rings (SSSR count). The van der Waals surface area contributed by atoms with E-state index in [4.69, 9.17) is 9.97 Å². The van der Waals surface area contributed by atoms with Gasteiger partial charge in [0.05, 0.1) is 5.52 Å². The lowest BCUT2D eigenvalue weighted by Gasteiger charge is -2.29. The molecule has 1 fully saturated rings. The minimum atomic E-state index is -0.0721. The smallest absolute Gasteiger partial charge is 0.225 e. The van der Waals surface area contributed by atoms with Crippen molar-refractivity contribution in [1.29, 1.82) is 0 Å². The van der Waals surface area contributed by atoms with Gasteiger partial charge in [0.15, 0.2) is 11.6 Å². The van der Waals surface area contributed by atoms with Crippen LogP contribution in [0.25, 0.3) is 10.9 Å². The number of carbonyl (C=O) groups is 2. The summed E-state index contributed by atoms with van der Waals surface area (Å²) in [7, 11) is 4.02. The second-order valence-electron chi connectivity index (χ2n) is 10.9. The summed E-state index contributed by atoms with van der Waals surface area (Å²) in [5.74, 6) is 2.09. The SMILES string of the molecule is CN(C)c1nc(NC2CCC(CNCc3ccc4c(c3)C(=O)c3ccccc3C4=O)CC2)nc2ccccc12. The van der Waals surface area contributed by atoms with E-state index in [0.717, 1.165) is 54.5 Å². The molecule has 0 radical (unpaired) electrons. The lowest BCUT2D eigenvalue weighted by Crippen LogP contribution is -2.31. The number of anilines is 2. The summed E-state index contributed by atoms with van der Waals surface area (Å²) in [4.78, 5) is 37.5. The van der Waals surface area contributed by atoms with Crippen molar-refractivity contribution in [2.45, 2.75) is 38.3 Å². The highest BCUT2D eigenvalue weighted by Crippen LogP contribution is 2.30. The van der Waals surface area contributed by atoms with Crippen molar-refractivity contribution in [3.05, 3.63) is 94.5 Å². The maximum Gasteiger partial charge on any atom is 0.225 e. The van der Waals surface area contributed by atoms with Gasteiger partial charge < -0.3 is 15.5 Å². The highest BCUT2D eigenvalue weighted by Gasteiger charge is 2.29. The van der Waals surface area contributed by atoms with Crippen LogP contribution in [0.5, 0.6) is 0 Å². The number of ketones is 2. The van der Waals surface area contributed by atoms with Gasteiger partial charge in [0, 0.05) is 54.3 Å². The van der Waals surface area contributed by atoms with Gasteiger partial charge >= 0.3 is 0 Å². The summed E-state index contributed by atoms with van der Waals surface area (Å²) in [6.07, 6.45) is 4.42. The minimum Gasteiger partial charge on any atom is -0.362 e. The monoisotopic (exact) mass is 519 g/mol. The van der Waals surface area contributed by atoms with Gasteiger partial charge in [-0.05, 0) is 68.0 Å². The molecular weight excluding hydrogens is 486 g/mol. The average Bonchev–Trinajstić information content (AvgIpc) is 2.96. The van der Waals surface area contributed by atoms with E-state index in [2.05, 4.69) is 16.7 Å². The quantitative estimate of drug-likeness (QED) is 0.304. The standard InChI is InChI=1S/C32H33N5O2/c1-37(2)31-26-9-5-6-10-28(26)35-32(36-31)34-22-14-11-20(12-15-22)18-33-19-21-13-16-25-27(17-21)30(39)24-8-4-3-7-23(24)29(25)38/h3-10,13,16-17,20,22,33H,11-12,14-15,18-19H2,1-2H3,(H,34,35,36). The van der Waals surface area contributed by atoms with Crippen LogP contribution >= 0.6 is 0 Å². The average molecular weight is 520 g/mol. The number of benzene rings is 3. The Bertz CT molecular complexity index is 1560. The number of hydrogen-bond acceptors (Lipinski definition) is 7. The summed E-state index contributed by atoms with van der Waals surface area (Å²) < 4.78 is 0. The van der Waals surface area contributed by atoms with Crippen LogP contribution in [0.3, 0.4) is 0 Å². The van der Waals surface area contributed by atoms with Crippen molar-refractivity contribution in [2.24, 2.45) is 5.92 Å². The Morgan fingerprint density at radius 2 is 1.46 bits per heavy atom. The molecule has 0 atom stereocenters. The Morgan fingerprint density at radius 3 is 2.21 bits per heavy atom. The summed E-state index contributed by atoms with van der Waals surface area (Å²) in [6, 6.07) is 21.2. The van der Waals surface area contributed by atoms with Crippen LogP contribution in [0.1, 0.15) is 63.1 Å². The normalized spacial score (nSPS) is 18.5. The highest BCUT2D eigenvalue weighted by atomic mass is 16.1. The molecule has 2 aliphatic carbocycles. The van der Waals surface area contributed by atoms with Crippen LogP contribution in [0, 0.1) is 5.92 Å². The molecule has 0 amide bonds. The first kappa shape index (κ1) is 25.2. The molecule has 2 N–H and O–H groups in total. The largest absolute Gasteiger partial charge is 0.362 e. The number of aromatic nitrogens is 2. The third-order valence-corrected chi connectivity index (χ3v) is 7.94. The molecule has 0 saturated heterocycles. The summed E-state index contributed by atoms with van der Waals surface area (Å²) in [6.45, 7) is 1.60. The first-order chi connectivity index (χ1) is 19.0. The van der Waals surface area contributed by atoms with E-state index in [1.807, 2.05) is 49.3 Å². The first-order valence-corrected chi connectivity index (χ1v) is 13.7. The van der Waals surface area contributed by atoms with E-state index >= 15 is 0 Å². The van der Waals surface area contributed by atoms with Crippen LogP contribution in [-0.4, -0.2) is 48.2 Å². The molecule has 1 heterocycles. The summed E-state index contributed by atoms with van der Waals surface area (Å²) >= 11 is 0. The lowest BCUT2D eigenvalue weighted by atomic mass is 9.83. The highest BCUT2D eigenvalue weighted by molar-refractivity contribution is 6.28. The molecule has 7 nitrogen and oxygen atoms in total. The molecule has 0 spiro atoms. The zero-order valence-electron chi connectivity index (χ0n) is 22.4. The molecular formula is C32H33N5O2. The number of fused-ring (bicyclic) bond motifs is 3. The summed E-state index contributed by atoms with van der Waals surface area (Å²) in [5.41, 5.74) is 3.98. The van der Waals surface area contributed by atoms with E-state index in [1.54, 1.807) is 30.3 Å². The van der Waals surface area contributed by atoms with Crippen molar-refractivity contribution in [2.75, 3.05) is 30.9 Å². The van der Waals surface area contributed by atoms with Gasteiger partial charge in [0.1, 0.15) is 5.82 Å². The fraction of sp³-hybridized carbons (Fsp3) is 0.312. The Morgan fingerprint density at radius 1 is 0.795 bits per heavy atom. The molecule has 4 aromatic rings. The number of nitrogens with zero attached hydrogens (tertiary/aromatic N) is 3. The first-order valence-electron chi connectivity index (χ1n) is 13.7. The van der Waals surface area contributed by atoms with Crippen LogP contribution in [0.4, 0.5) is 11.8 Å². The van der Waals surface area contributed by atoms with Crippen molar-refractivity contribution in [3.8, 4) is 0 Å². The third-order valence-electron chi connectivity index (χ3n) is 7.94. The maximum absolute atomic E-state index is 13.0. The third kappa shape index (κ3) is 5.02. The van der Waals surface area contributed by atoms with Gasteiger partial charge in [0.25, 0.3) is 0 Å². The van der Waals surface area contributed by atoms with E-state index in [1.165, 1.54) is 0 Å². The molecule has 0 unspecified atom stereocenters. The van der Waals surface area contributed by atoms with Gasteiger partial charge in [-0.2, -0.15) is 4.98 Å². The molecule has 0 bridgehead atoms. The maximum atomic E-state index is 13.0. The summed E-state index contributed by atoms with van der Waals surface area (Å²) in [5, 5.41) is 8.22. The molecule has 3 aromatic carbocycles. The van der Waals surface area contributed by atoms with Crippen LogP contribution in [0.2, 0.25) is 0 Å². The van der Waals surface area contributed by atoms with Gasteiger partial charge in [-0.3, -0.25) is 9.59 Å². The van der Waals surface area contributed by atoms with Gasteiger partial charge in [-0.15, -0.1) is 0 Å². The fourth-order valence-electron chi connectivity index (χ4n) is 5.84. The molecule has 0 aliphatic heterocycles. The second-order valence-corrected chi connectivity index (χ2v) is 10.9. The van der Waals surface area contributed by atoms with Crippen molar-refractivity contribution in [1.82, 2.24) is 15.3 Å². The zero-order chi connectivity index (χ0) is 26.9. The minimum absolute atomic E-state index is 0.0685. The van der Waals surface area contributed by atoms with E-state index in [0.29, 0.717) is 46.7 Å². The van der Waals surface area contributed by atoms with Gasteiger partial charge in [-0.1, -0.05) is 42.5 Å². The Hall–Kier alpha value is -4.10.